The fourth-order valence-electron chi connectivity index (χ4n) is 1.13. The van der Waals surface area contributed by atoms with Gasteiger partial charge in [-0.15, -0.1) is 10.2 Å². The minimum absolute atomic E-state index is 0.132. The second-order valence-electron chi connectivity index (χ2n) is 2.77. The maximum Gasteiger partial charge on any atom is 0.204 e. The van der Waals surface area contributed by atoms with Gasteiger partial charge in [0.2, 0.25) is 5.82 Å². The zero-order valence-electron chi connectivity index (χ0n) is 7.81. The second-order valence-corrected chi connectivity index (χ2v) is 2.77. The van der Waals surface area contributed by atoms with E-state index in [1.165, 1.54) is 0 Å². The Labute approximate surface area is 86.2 Å². The highest BCUT2D eigenvalue weighted by Gasteiger charge is 2.00. The molecule has 0 saturated heterocycles. The van der Waals surface area contributed by atoms with Gasteiger partial charge in [-0.1, -0.05) is 11.8 Å². The molecular formula is C10H8N4O. The molecule has 0 aliphatic rings. The highest BCUT2D eigenvalue weighted by Crippen LogP contribution is 2.13. The van der Waals surface area contributed by atoms with Crippen molar-refractivity contribution in [2.45, 2.75) is 0 Å². The number of aliphatic hydroxyl groups excluding tert-OH is 1. The van der Waals surface area contributed by atoms with Crippen LogP contribution >= 0.6 is 0 Å². The van der Waals surface area contributed by atoms with Crippen molar-refractivity contribution < 1.29 is 5.11 Å². The van der Waals surface area contributed by atoms with E-state index in [1.807, 2.05) is 24.3 Å². The van der Waals surface area contributed by atoms with Crippen LogP contribution in [0.4, 0.5) is 0 Å². The number of tetrazole rings is 1. The van der Waals surface area contributed by atoms with E-state index in [0.717, 1.165) is 11.1 Å². The van der Waals surface area contributed by atoms with Gasteiger partial charge in [-0.05, 0) is 29.5 Å². The van der Waals surface area contributed by atoms with Crippen LogP contribution in [-0.4, -0.2) is 32.3 Å². The molecular weight excluding hydrogens is 192 g/mol. The van der Waals surface area contributed by atoms with Crippen LogP contribution in [0.5, 0.6) is 0 Å². The maximum absolute atomic E-state index is 8.53. The molecule has 0 fully saturated rings. The first-order valence-corrected chi connectivity index (χ1v) is 4.34. The van der Waals surface area contributed by atoms with E-state index >= 15 is 0 Å². The predicted octanol–water partition coefficient (Wildman–Crippen LogP) is 0.210. The van der Waals surface area contributed by atoms with Crippen LogP contribution in [0.2, 0.25) is 0 Å². The monoisotopic (exact) mass is 200 g/mol. The minimum Gasteiger partial charge on any atom is -0.384 e. The summed E-state index contributed by atoms with van der Waals surface area (Å²) in [7, 11) is 0. The first-order valence-electron chi connectivity index (χ1n) is 4.34. The molecule has 0 aliphatic carbocycles. The third kappa shape index (κ3) is 2.18. The van der Waals surface area contributed by atoms with Gasteiger partial charge >= 0.3 is 0 Å². The number of hydrogen-bond donors (Lipinski definition) is 2. The van der Waals surface area contributed by atoms with Gasteiger partial charge in [0.05, 0.1) is 0 Å². The number of nitrogens with one attached hydrogen (secondary N) is 1. The molecule has 5 heteroatoms. The summed E-state index contributed by atoms with van der Waals surface area (Å²) < 4.78 is 0. The first kappa shape index (κ1) is 9.37. The smallest absolute Gasteiger partial charge is 0.204 e. The standard InChI is InChI=1S/C10H8N4O/c15-7-1-2-8-3-5-9(6-4-8)10-11-13-14-12-10/h3-6,15H,7H2,(H,11,12,13,14). The maximum atomic E-state index is 8.53. The molecule has 0 atom stereocenters. The lowest BCUT2D eigenvalue weighted by molar-refractivity contribution is 0.350. The number of nitrogens with zero attached hydrogens (tertiary/aromatic N) is 3. The van der Waals surface area contributed by atoms with E-state index in [4.69, 9.17) is 5.11 Å². The summed E-state index contributed by atoms with van der Waals surface area (Å²) in [6.07, 6.45) is 0. The van der Waals surface area contributed by atoms with Crippen molar-refractivity contribution in [3.05, 3.63) is 29.8 Å². The Hall–Kier alpha value is -2.19. The predicted molar refractivity (Wildman–Crippen MR) is 53.6 cm³/mol. The summed E-state index contributed by atoms with van der Waals surface area (Å²) in [5.41, 5.74) is 1.72. The number of aromatic amines is 1. The zero-order valence-corrected chi connectivity index (χ0v) is 7.81. The lowest BCUT2D eigenvalue weighted by atomic mass is 10.1. The van der Waals surface area contributed by atoms with Gasteiger partial charge in [0.15, 0.2) is 0 Å². The van der Waals surface area contributed by atoms with Crippen LogP contribution < -0.4 is 0 Å². The Bertz CT molecular complexity index is 478. The van der Waals surface area contributed by atoms with Crippen LogP contribution in [0.15, 0.2) is 24.3 Å². The molecule has 0 bridgehead atoms. The van der Waals surface area contributed by atoms with Gasteiger partial charge in [-0.2, -0.15) is 5.21 Å². The van der Waals surface area contributed by atoms with Crippen molar-refractivity contribution >= 4 is 0 Å². The molecule has 0 amide bonds. The Morgan fingerprint density at radius 1 is 1.27 bits per heavy atom. The number of aliphatic hydroxyl groups is 1. The largest absolute Gasteiger partial charge is 0.384 e. The molecule has 1 aromatic heterocycles. The summed E-state index contributed by atoms with van der Waals surface area (Å²) in [6, 6.07) is 7.39. The second kappa shape index (κ2) is 4.35. The van der Waals surface area contributed by atoms with Crippen molar-refractivity contribution in [3.8, 4) is 23.2 Å². The third-order valence-electron chi connectivity index (χ3n) is 1.80. The molecule has 1 heterocycles. The number of aromatic nitrogens is 4. The van der Waals surface area contributed by atoms with Gasteiger partial charge in [0.25, 0.3) is 0 Å². The van der Waals surface area contributed by atoms with Crippen LogP contribution in [0.1, 0.15) is 5.56 Å². The van der Waals surface area contributed by atoms with Crippen molar-refractivity contribution in [1.29, 1.82) is 0 Å². The highest BCUT2D eigenvalue weighted by atomic mass is 16.2. The molecule has 2 rings (SSSR count). The lowest BCUT2D eigenvalue weighted by Crippen LogP contribution is -1.82. The summed E-state index contributed by atoms with van der Waals surface area (Å²) in [6.45, 7) is -0.132. The summed E-state index contributed by atoms with van der Waals surface area (Å²) in [5.74, 6) is 5.93. The Morgan fingerprint density at radius 2 is 2.07 bits per heavy atom. The van der Waals surface area contributed by atoms with E-state index in [-0.39, 0.29) is 6.61 Å². The molecule has 0 saturated carbocycles. The van der Waals surface area contributed by atoms with Gasteiger partial charge < -0.3 is 5.11 Å². The number of benzene rings is 1. The van der Waals surface area contributed by atoms with Crippen molar-refractivity contribution in [1.82, 2.24) is 20.6 Å². The van der Waals surface area contributed by atoms with Crippen LogP contribution in [-0.2, 0) is 0 Å². The summed E-state index contributed by atoms with van der Waals surface area (Å²) in [5, 5.41) is 22.1. The number of rotatable bonds is 1. The average Bonchev–Trinajstić information content (AvgIpc) is 2.80. The van der Waals surface area contributed by atoms with E-state index in [2.05, 4.69) is 32.5 Å². The molecule has 74 valence electrons. The highest BCUT2D eigenvalue weighted by molar-refractivity contribution is 5.55. The van der Waals surface area contributed by atoms with Gasteiger partial charge in [-0.25, -0.2) is 0 Å². The fourth-order valence-corrected chi connectivity index (χ4v) is 1.13. The van der Waals surface area contributed by atoms with Gasteiger partial charge in [0, 0.05) is 11.1 Å². The molecule has 15 heavy (non-hydrogen) atoms. The molecule has 0 unspecified atom stereocenters. The lowest BCUT2D eigenvalue weighted by Gasteiger charge is -1.93. The SMILES string of the molecule is OCC#Cc1ccc(-c2nn[nH]n2)cc1. The van der Waals surface area contributed by atoms with E-state index in [9.17, 15) is 0 Å². The number of H-pyrrole nitrogens is 1. The summed E-state index contributed by atoms with van der Waals surface area (Å²) >= 11 is 0. The Balaban J connectivity index is 2.25. The Kier molecular flexibility index (Phi) is 2.72. The van der Waals surface area contributed by atoms with Crippen molar-refractivity contribution in [3.63, 3.8) is 0 Å². The third-order valence-corrected chi connectivity index (χ3v) is 1.80. The van der Waals surface area contributed by atoms with Gasteiger partial charge in [-0.3, -0.25) is 0 Å². The molecule has 2 aromatic rings. The Morgan fingerprint density at radius 3 is 2.67 bits per heavy atom. The number of hydrogen-bond acceptors (Lipinski definition) is 4. The first-order chi connectivity index (χ1) is 7.40. The average molecular weight is 200 g/mol. The zero-order chi connectivity index (χ0) is 10.5. The topological polar surface area (TPSA) is 74.7 Å². The van der Waals surface area contributed by atoms with E-state index in [0.29, 0.717) is 5.82 Å². The van der Waals surface area contributed by atoms with Crippen LogP contribution in [0.25, 0.3) is 11.4 Å². The normalized spacial score (nSPS) is 9.40. The minimum atomic E-state index is -0.132. The summed E-state index contributed by atoms with van der Waals surface area (Å²) in [4.78, 5) is 0. The molecule has 2 N–H and O–H groups in total. The quantitative estimate of drug-likeness (QED) is 0.645. The molecule has 0 spiro atoms. The van der Waals surface area contributed by atoms with E-state index in [1.54, 1.807) is 0 Å². The molecule has 0 aliphatic heterocycles. The van der Waals surface area contributed by atoms with Gasteiger partial charge in [0.1, 0.15) is 6.61 Å². The molecule has 1 aromatic carbocycles. The van der Waals surface area contributed by atoms with Crippen LogP contribution in [0.3, 0.4) is 0 Å². The molecule has 0 radical (unpaired) electrons. The van der Waals surface area contributed by atoms with E-state index < -0.39 is 0 Å². The van der Waals surface area contributed by atoms with Crippen molar-refractivity contribution in [2.24, 2.45) is 0 Å². The van der Waals surface area contributed by atoms with Crippen molar-refractivity contribution in [2.75, 3.05) is 6.61 Å². The van der Waals surface area contributed by atoms with Crippen LogP contribution in [0, 0.1) is 11.8 Å². The molecule has 5 nitrogen and oxygen atoms in total. The fraction of sp³-hybridized carbons (Fsp3) is 0.100.